The van der Waals surface area contributed by atoms with Gasteiger partial charge in [-0.1, -0.05) is 30.3 Å². The number of hydrogen-bond donors (Lipinski definition) is 0. The van der Waals surface area contributed by atoms with E-state index in [1.807, 2.05) is 37.3 Å². The summed E-state index contributed by atoms with van der Waals surface area (Å²) in [5.41, 5.74) is 0.965. The molecule has 0 N–H and O–H groups in total. The van der Waals surface area contributed by atoms with Gasteiger partial charge in [0, 0.05) is 19.6 Å². The highest BCUT2D eigenvalue weighted by atomic mass is 35.5. The van der Waals surface area contributed by atoms with Crippen LogP contribution in [0.1, 0.15) is 31.7 Å². The number of hydrogen-bond acceptors (Lipinski definition) is 3. The smallest absolute Gasteiger partial charge is 0.410 e. The van der Waals surface area contributed by atoms with Gasteiger partial charge in [-0.05, 0) is 31.7 Å². The van der Waals surface area contributed by atoms with Crippen LogP contribution >= 0.6 is 11.6 Å². The van der Waals surface area contributed by atoms with Crippen molar-refractivity contribution in [1.29, 1.82) is 0 Å². The van der Waals surface area contributed by atoms with E-state index in [0.29, 0.717) is 19.6 Å². The van der Waals surface area contributed by atoms with Gasteiger partial charge >= 0.3 is 6.09 Å². The van der Waals surface area contributed by atoms with Crippen molar-refractivity contribution in [3.8, 4) is 0 Å². The van der Waals surface area contributed by atoms with Crippen molar-refractivity contribution in [2.24, 2.45) is 0 Å². The minimum absolute atomic E-state index is 0.00543. The second-order valence-corrected chi connectivity index (χ2v) is 6.22. The average molecular weight is 353 g/mol. The lowest BCUT2D eigenvalue weighted by molar-refractivity contribution is -0.129. The zero-order valence-corrected chi connectivity index (χ0v) is 14.9. The molecule has 1 aromatic carbocycles. The predicted octanol–water partition coefficient (Wildman–Crippen LogP) is 3.27. The molecule has 2 rings (SSSR count). The molecule has 0 aromatic heterocycles. The summed E-state index contributed by atoms with van der Waals surface area (Å²) in [7, 11) is 0. The fraction of sp³-hybridized carbons (Fsp3) is 0.556. The van der Waals surface area contributed by atoms with Gasteiger partial charge < -0.3 is 14.5 Å². The summed E-state index contributed by atoms with van der Waals surface area (Å²) in [5, 5.41) is 0. The fourth-order valence-corrected chi connectivity index (χ4v) is 3.15. The lowest BCUT2D eigenvalue weighted by Gasteiger charge is -2.37. The summed E-state index contributed by atoms with van der Waals surface area (Å²) < 4.78 is 5.46. The minimum Gasteiger partial charge on any atom is -0.445 e. The number of likely N-dealkylation sites (tertiary alicyclic amines) is 1. The molecule has 2 amide bonds. The Labute approximate surface area is 148 Å². The number of carbonyl (C=O) groups excluding carboxylic acids is 2. The molecule has 1 aliphatic rings. The number of likely N-dealkylation sites (N-methyl/N-ethyl adjacent to an activating group) is 1. The molecule has 1 aromatic rings. The zero-order chi connectivity index (χ0) is 17.4. The lowest BCUT2D eigenvalue weighted by Crippen LogP contribution is -2.51. The molecule has 0 aliphatic carbocycles. The number of halogens is 1. The van der Waals surface area contributed by atoms with E-state index in [-0.39, 0.29) is 30.5 Å². The third-order valence-electron chi connectivity index (χ3n) is 4.35. The first kappa shape index (κ1) is 18.6. The van der Waals surface area contributed by atoms with Crippen LogP contribution < -0.4 is 0 Å². The van der Waals surface area contributed by atoms with Crippen molar-refractivity contribution in [3.63, 3.8) is 0 Å². The van der Waals surface area contributed by atoms with E-state index in [1.165, 1.54) is 0 Å². The van der Waals surface area contributed by atoms with Crippen molar-refractivity contribution in [3.05, 3.63) is 35.9 Å². The molecule has 1 aliphatic heterocycles. The molecule has 1 saturated heterocycles. The van der Waals surface area contributed by atoms with Gasteiger partial charge in [0.15, 0.2) is 0 Å². The highest BCUT2D eigenvalue weighted by molar-refractivity contribution is 6.27. The fourth-order valence-electron chi connectivity index (χ4n) is 2.98. The van der Waals surface area contributed by atoms with E-state index < -0.39 is 0 Å². The third-order valence-corrected chi connectivity index (χ3v) is 4.58. The minimum atomic E-state index is -0.307. The number of alkyl halides is 1. The Kier molecular flexibility index (Phi) is 7.37. The molecule has 1 heterocycles. The van der Waals surface area contributed by atoms with E-state index in [4.69, 9.17) is 16.3 Å². The molecule has 132 valence electrons. The summed E-state index contributed by atoms with van der Waals surface area (Å²) in [4.78, 5) is 27.8. The Balaban J connectivity index is 1.94. The van der Waals surface area contributed by atoms with Crippen LogP contribution in [0.15, 0.2) is 30.3 Å². The van der Waals surface area contributed by atoms with Gasteiger partial charge in [0.25, 0.3) is 0 Å². The van der Waals surface area contributed by atoms with Gasteiger partial charge in [0.05, 0.1) is 6.04 Å². The molecule has 0 unspecified atom stereocenters. The van der Waals surface area contributed by atoms with Crippen LogP contribution in [0.4, 0.5) is 4.79 Å². The molecule has 0 radical (unpaired) electrons. The molecule has 5 nitrogen and oxygen atoms in total. The largest absolute Gasteiger partial charge is 0.445 e. The second-order valence-electron chi connectivity index (χ2n) is 5.95. The van der Waals surface area contributed by atoms with Crippen LogP contribution in [-0.2, 0) is 16.1 Å². The van der Waals surface area contributed by atoms with Gasteiger partial charge in [0.2, 0.25) is 5.91 Å². The lowest BCUT2D eigenvalue weighted by atomic mass is 10.0. The van der Waals surface area contributed by atoms with Gasteiger partial charge in [-0.3, -0.25) is 4.79 Å². The van der Waals surface area contributed by atoms with Crippen LogP contribution in [0.2, 0.25) is 0 Å². The van der Waals surface area contributed by atoms with E-state index in [0.717, 1.165) is 24.8 Å². The summed E-state index contributed by atoms with van der Waals surface area (Å²) in [6.45, 7) is 3.97. The molecule has 6 heteroatoms. The number of benzene rings is 1. The number of piperidine rings is 1. The topological polar surface area (TPSA) is 49.9 Å². The Bertz CT molecular complexity index is 538. The van der Waals surface area contributed by atoms with Gasteiger partial charge in [0.1, 0.15) is 12.5 Å². The maximum Gasteiger partial charge on any atom is 0.410 e. The van der Waals surface area contributed by atoms with Crippen molar-refractivity contribution < 1.29 is 14.3 Å². The first-order valence-electron chi connectivity index (χ1n) is 8.46. The van der Waals surface area contributed by atoms with Gasteiger partial charge in [-0.2, -0.15) is 0 Å². The SMILES string of the molecule is CCN(C[C@@H]1CCCCN1C(=O)OCc1ccccc1)C(=O)CCl. The van der Waals surface area contributed by atoms with E-state index >= 15 is 0 Å². The number of ether oxygens (including phenoxy) is 1. The quantitative estimate of drug-likeness (QED) is 0.738. The highest BCUT2D eigenvalue weighted by Gasteiger charge is 2.30. The third kappa shape index (κ3) is 5.13. The van der Waals surface area contributed by atoms with Crippen LogP contribution in [-0.4, -0.2) is 53.4 Å². The molecular formula is C18H25ClN2O3. The summed E-state index contributed by atoms with van der Waals surface area (Å²) in [6, 6.07) is 9.62. The Morgan fingerprint density at radius 2 is 2.04 bits per heavy atom. The molecule has 0 bridgehead atoms. The number of rotatable bonds is 6. The van der Waals surface area contributed by atoms with E-state index in [9.17, 15) is 9.59 Å². The number of amides is 2. The Hall–Kier alpha value is -1.75. The van der Waals surface area contributed by atoms with Gasteiger partial charge in [-0.15, -0.1) is 11.6 Å². The maximum absolute atomic E-state index is 12.5. The van der Waals surface area contributed by atoms with Crippen LogP contribution in [0.5, 0.6) is 0 Å². The first-order valence-corrected chi connectivity index (χ1v) is 9.00. The molecule has 0 saturated carbocycles. The Morgan fingerprint density at radius 3 is 2.71 bits per heavy atom. The Morgan fingerprint density at radius 1 is 1.29 bits per heavy atom. The summed E-state index contributed by atoms with van der Waals surface area (Å²) in [5.74, 6) is -0.124. The molecule has 24 heavy (non-hydrogen) atoms. The average Bonchev–Trinajstić information content (AvgIpc) is 2.64. The monoisotopic (exact) mass is 352 g/mol. The van der Waals surface area contributed by atoms with E-state index in [1.54, 1.807) is 9.80 Å². The molecule has 1 fully saturated rings. The van der Waals surface area contributed by atoms with Crippen LogP contribution in [0, 0.1) is 0 Å². The molecule has 1 atom stereocenters. The number of carbonyl (C=O) groups is 2. The van der Waals surface area contributed by atoms with Crippen molar-refractivity contribution in [1.82, 2.24) is 9.80 Å². The maximum atomic E-state index is 12.5. The van der Waals surface area contributed by atoms with Crippen LogP contribution in [0.25, 0.3) is 0 Å². The summed E-state index contributed by atoms with van der Waals surface area (Å²) >= 11 is 5.66. The number of nitrogens with zero attached hydrogens (tertiary/aromatic N) is 2. The summed E-state index contributed by atoms with van der Waals surface area (Å²) in [6.07, 6.45) is 2.59. The van der Waals surface area contributed by atoms with Gasteiger partial charge in [-0.25, -0.2) is 4.79 Å². The molecular weight excluding hydrogens is 328 g/mol. The first-order chi connectivity index (χ1) is 11.7. The second kappa shape index (κ2) is 9.52. The predicted molar refractivity (Wildman–Crippen MR) is 93.9 cm³/mol. The van der Waals surface area contributed by atoms with Crippen molar-refractivity contribution in [2.45, 2.75) is 38.8 Å². The van der Waals surface area contributed by atoms with Crippen LogP contribution in [0.3, 0.4) is 0 Å². The van der Waals surface area contributed by atoms with Crippen molar-refractivity contribution >= 4 is 23.6 Å². The molecule has 0 spiro atoms. The normalized spacial score (nSPS) is 17.4. The zero-order valence-electron chi connectivity index (χ0n) is 14.1. The highest BCUT2D eigenvalue weighted by Crippen LogP contribution is 2.20. The van der Waals surface area contributed by atoms with Crippen molar-refractivity contribution in [2.75, 3.05) is 25.5 Å². The van der Waals surface area contributed by atoms with E-state index in [2.05, 4.69) is 0 Å². The standard InChI is InChI=1S/C18H25ClN2O3/c1-2-20(17(22)12-19)13-16-10-6-7-11-21(16)18(23)24-14-15-8-4-3-5-9-15/h3-5,8-9,16H,2,6-7,10-14H2,1H3/t16-/m0/s1.